The minimum absolute atomic E-state index is 0.0268. The fourth-order valence-electron chi connectivity index (χ4n) is 2.16. The summed E-state index contributed by atoms with van der Waals surface area (Å²) in [6.07, 6.45) is 1.96. The minimum Gasteiger partial charge on any atom is -0.338 e. The van der Waals surface area contributed by atoms with E-state index >= 15 is 0 Å². The van der Waals surface area contributed by atoms with E-state index < -0.39 is 0 Å². The van der Waals surface area contributed by atoms with Gasteiger partial charge in [-0.15, -0.1) is 11.3 Å². The van der Waals surface area contributed by atoms with Crippen LogP contribution in [0.3, 0.4) is 0 Å². The van der Waals surface area contributed by atoms with E-state index in [4.69, 9.17) is 0 Å². The first kappa shape index (κ1) is 15.6. The summed E-state index contributed by atoms with van der Waals surface area (Å²) in [5, 5.41) is 5.05. The van der Waals surface area contributed by atoms with Crippen molar-refractivity contribution >= 4 is 17.4 Å². The lowest BCUT2D eigenvalue weighted by Crippen LogP contribution is -2.39. The molecule has 1 aromatic heterocycles. The summed E-state index contributed by atoms with van der Waals surface area (Å²) in [6, 6.07) is 14.5. The SMILES string of the molecule is CCN(Cc1cccs1)C(=O)NCCCc1ccccc1. The van der Waals surface area contributed by atoms with Gasteiger partial charge >= 0.3 is 6.03 Å². The van der Waals surface area contributed by atoms with Gasteiger partial charge in [-0.25, -0.2) is 4.79 Å². The maximum Gasteiger partial charge on any atom is 0.317 e. The van der Waals surface area contributed by atoms with Crippen LogP contribution in [0.2, 0.25) is 0 Å². The molecule has 0 aliphatic heterocycles. The van der Waals surface area contributed by atoms with E-state index in [2.05, 4.69) is 23.5 Å². The number of benzene rings is 1. The molecule has 2 rings (SSSR count). The van der Waals surface area contributed by atoms with E-state index in [0.29, 0.717) is 13.1 Å². The maximum atomic E-state index is 12.1. The van der Waals surface area contributed by atoms with Crippen LogP contribution in [0.5, 0.6) is 0 Å². The van der Waals surface area contributed by atoms with Crippen molar-refractivity contribution in [1.82, 2.24) is 10.2 Å². The second-order valence-corrected chi connectivity index (χ2v) is 5.95. The predicted octanol–water partition coefficient (Wildman–Crippen LogP) is 3.91. The number of nitrogens with one attached hydrogen (secondary N) is 1. The first-order valence-corrected chi connectivity index (χ1v) is 8.26. The Labute approximate surface area is 130 Å². The molecule has 2 aromatic rings. The highest BCUT2D eigenvalue weighted by molar-refractivity contribution is 7.09. The molecule has 1 aromatic carbocycles. The van der Waals surface area contributed by atoms with E-state index in [-0.39, 0.29) is 6.03 Å². The molecule has 4 heteroatoms. The number of aryl methyl sites for hydroxylation is 1. The Bertz CT molecular complexity index is 525. The lowest BCUT2D eigenvalue weighted by molar-refractivity contribution is 0.198. The molecule has 0 atom stereocenters. The molecule has 0 saturated heterocycles. The van der Waals surface area contributed by atoms with Gasteiger partial charge in [0.1, 0.15) is 0 Å². The van der Waals surface area contributed by atoms with Gasteiger partial charge in [-0.05, 0) is 36.8 Å². The van der Waals surface area contributed by atoms with Gasteiger partial charge in [0.15, 0.2) is 0 Å². The average molecular weight is 302 g/mol. The number of rotatable bonds is 7. The monoisotopic (exact) mass is 302 g/mol. The molecule has 0 aliphatic rings. The Kier molecular flexibility index (Phi) is 6.28. The van der Waals surface area contributed by atoms with E-state index in [9.17, 15) is 4.79 Å². The van der Waals surface area contributed by atoms with Crippen molar-refractivity contribution in [2.45, 2.75) is 26.3 Å². The van der Waals surface area contributed by atoms with Gasteiger partial charge < -0.3 is 10.2 Å². The van der Waals surface area contributed by atoms with Gasteiger partial charge in [-0.3, -0.25) is 0 Å². The van der Waals surface area contributed by atoms with Gasteiger partial charge in [0, 0.05) is 18.0 Å². The number of carbonyl (C=O) groups is 1. The third-order valence-corrected chi connectivity index (χ3v) is 4.22. The van der Waals surface area contributed by atoms with Crippen LogP contribution in [-0.2, 0) is 13.0 Å². The highest BCUT2D eigenvalue weighted by atomic mass is 32.1. The molecule has 0 unspecified atom stereocenters. The van der Waals surface area contributed by atoms with Gasteiger partial charge in [0.25, 0.3) is 0 Å². The molecular formula is C17H22N2OS. The highest BCUT2D eigenvalue weighted by Gasteiger charge is 2.11. The van der Waals surface area contributed by atoms with E-state index in [1.54, 1.807) is 11.3 Å². The Hall–Kier alpha value is -1.81. The molecule has 21 heavy (non-hydrogen) atoms. The second-order valence-electron chi connectivity index (χ2n) is 4.91. The second kappa shape index (κ2) is 8.47. The third kappa shape index (κ3) is 5.23. The van der Waals surface area contributed by atoms with Crippen molar-refractivity contribution in [3.05, 3.63) is 58.3 Å². The topological polar surface area (TPSA) is 32.3 Å². The van der Waals surface area contributed by atoms with Gasteiger partial charge in [-0.1, -0.05) is 36.4 Å². The predicted molar refractivity (Wildman–Crippen MR) is 88.6 cm³/mol. The van der Waals surface area contributed by atoms with Crippen LogP contribution in [-0.4, -0.2) is 24.0 Å². The summed E-state index contributed by atoms with van der Waals surface area (Å²) in [4.78, 5) is 15.2. The van der Waals surface area contributed by atoms with Crippen LogP contribution in [0.15, 0.2) is 47.8 Å². The number of thiophene rings is 1. The number of hydrogen-bond donors (Lipinski definition) is 1. The van der Waals surface area contributed by atoms with Crippen LogP contribution < -0.4 is 5.32 Å². The van der Waals surface area contributed by atoms with Crippen molar-refractivity contribution < 1.29 is 4.79 Å². The van der Waals surface area contributed by atoms with Gasteiger partial charge in [-0.2, -0.15) is 0 Å². The Morgan fingerprint density at radius 1 is 1.19 bits per heavy atom. The van der Waals surface area contributed by atoms with Crippen molar-refractivity contribution in [3.63, 3.8) is 0 Å². The van der Waals surface area contributed by atoms with Crippen LogP contribution >= 0.6 is 11.3 Å². The largest absolute Gasteiger partial charge is 0.338 e. The molecule has 0 fully saturated rings. The Morgan fingerprint density at radius 3 is 2.67 bits per heavy atom. The average Bonchev–Trinajstić information content (AvgIpc) is 3.03. The number of urea groups is 1. The zero-order chi connectivity index (χ0) is 14.9. The van der Waals surface area contributed by atoms with Crippen molar-refractivity contribution in [2.24, 2.45) is 0 Å². The fourth-order valence-corrected chi connectivity index (χ4v) is 2.88. The summed E-state index contributed by atoms with van der Waals surface area (Å²) < 4.78 is 0. The zero-order valence-corrected chi connectivity index (χ0v) is 13.2. The fraction of sp³-hybridized carbons (Fsp3) is 0.353. The Balaban J connectivity index is 1.70. The lowest BCUT2D eigenvalue weighted by Gasteiger charge is -2.20. The molecule has 0 bridgehead atoms. The molecule has 112 valence electrons. The Morgan fingerprint density at radius 2 is 2.00 bits per heavy atom. The van der Waals surface area contributed by atoms with Crippen LogP contribution in [0.25, 0.3) is 0 Å². The molecule has 0 radical (unpaired) electrons. The summed E-state index contributed by atoms with van der Waals surface area (Å²) >= 11 is 1.69. The molecular weight excluding hydrogens is 280 g/mol. The van der Waals surface area contributed by atoms with Crippen molar-refractivity contribution in [3.8, 4) is 0 Å². The van der Waals surface area contributed by atoms with Crippen molar-refractivity contribution in [2.75, 3.05) is 13.1 Å². The number of hydrogen-bond acceptors (Lipinski definition) is 2. The first-order valence-electron chi connectivity index (χ1n) is 7.38. The molecule has 0 saturated carbocycles. The molecule has 0 aliphatic carbocycles. The summed E-state index contributed by atoms with van der Waals surface area (Å²) in [5.41, 5.74) is 1.32. The van der Waals surface area contributed by atoms with E-state index in [0.717, 1.165) is 19.4 Å². The lowest BCUT2D eigenvalue weighted by atomic mass is 10.1. The zero-order valence-electron chi connectivity index (χ0n) is 12.4. The van der Waals surface area contributed by atoms with Crippen LogP contribution in [0, 0.1) is 0 Å². The smallest absolute Gasteiger partial charge is 0.317 e. The first-order chi connectivity index (χ1) is 10.3. The van der Waals surface area contributed by atoms with Gasteiger partial charge in [0.2, 0.25) is 0 Å². The normalized spacial score (nSPS) is 10.3. The standard InChI is InChI=1S/C17H22N2OS/c1-2-19(14-16-11-7-13-21-16)17(20)18-12-6-10-15-8-4-3-5-9-15/h3-5,7-9,11,13H,2,6,10,12,14H2,1H3,(H,18,20). The molecule has 2 amide bonds. The van der Waals surface area contributed by atoms with Gasteiger partial charge in [0.05, 0.1) is 6.54 Å². The molecule has 0 spiro atoms. The molecule has 3 nitrogen and oxygen atoms in total. The van der Waals surface area contributed by atoms with Crippen LogP contribution in [0.4, 0.5) is 4.79 Å². The van der Waals surface area contributed by atoms with Crippen LogP contribution in [0.1, 0.15) is 23.8 Å². The highest BCUT2D eigenvalue weighted by Crippen LogP contribution is 2.11. The maximum absolute atomic E-state index is 12.1. The van der Waals surface area contributed by atoms with E-state index in [1.165, 1.54) is 10.4 Å². The van der Waals surface area contributed by atoms with Crippen molar-refractivity contribution in [1.29, 1.82) is 0 Å². The number of carbonyl (C=O) groups excluding carboxylic acids is 1. The quantitative estimate of drug-likeness (QED) is 0.773. The number of nitrogens with zero attached hydrogens (tertiary/aromatic N) is 1. The van der Waals surface area contributed by atoms with E-state index in [1.807, 2.05) is 41.5 Å². The molecule has 1 N–H and O–H groups in total. The summed E-state index contributed by atoms with van der Waals surface area (Å²) in [5.74, 6) is 0. The molecule has 1 heterocycles. The third-order valence-electron chi connectivity index (χ3n) is 3.36. The minimum atomic E-state index is 0.0268. The summed E-state index contributed by atoms with van der Waals surface area (Å²) in [6.45, 7) is 4.15. The number of amides is 2. The summed E-state index contributed by atoms with van der Waals surface area (Å²) in [7, 11) is 0.